The van der Waals surface area contributed by atoms with Crippen LogP contribution in [-0.4, -0.2) is 5.78 Å². The summed E-state index contributed by atoms with van der Waals surface area (Å²) in [5, 5.41) is 0. The average Bonchev–Trinajstić information content (AvgIpc) is 2.34. The van der Waals surface area contributed by atoms with Crippen molar-refractivity contribution in [3.8, 4) is 0 Å². The van der Waals surface area contributed by atoms with Crippen LogP contribution in [0.2, 0.25) is 0 Å². The van der Waals surface area contributed by atoms with E-state index in [0.717, 1.165) is 12.8 Å². The van der Waals surface area contributed by atoms with Gasteiger partial charge in [0.05, 0.1) is 0 Å². The lowest BCUT2D eigenvalue weighted by Crippen LogP contribution is -2.20. The molecule has 0 saturated heterocycles. The second kappa shape index (κ2) is 8.64. The molecule has 0 heterocycles. The molecule has 1 aliphatic rings. The highest BCUT2D eigenvalue weighted by Crippen LogP contribution is 2.42. The molecule has 0 aromatic carbocycles. The highest BCUT2D eigenvalue weighted by atomic mass is 16.1. The van der Waals surface area contributed by atoms with Crippen LogP contribution in [0.25, 0.3) is 0 Å². The van der Waals surface area contributed by atoms with Gasteiger partial charge in [0.1, 0.15) is 5.78 Å². The van der Waals surface area contributed by atoms with Crippen LogP contribution in [0.1, 0.15) is 98.3 Å². The van der Waals surface area contributed by atoms with Crippen molar-refractivity contribution >= 4 is 5.78 Å². The molecule has 1 heteroatoms. The fraction of sp³-hybridized carbons (Fsp3) is 0.842. The molecule has 0 amide bonds. The minimum atomic E-state index is 0.340. The minimum absolute atomic E-state index is 0.340. The van der Waals surface area contributed by atoms with Crippen molar-refractivity contribution in [3.05, 3.63) is 11.1 Å². The van der Waals surface area contributed by atoms with E-state index in [1.165, 1.54) is 57.8 Å². The SMILES string of the molecule is CC(=O)CCCCCCCCC1=C(C)CCCC1(C)C. The Morgan fingerprint density at radius 2 is 1.65 bits per heavy atom. The summed E-state index contributed by atoms with van der Waals surface area (Å²) in [5.41, 5.74) is 3.87. The van der Waals surface area contributed by atoms with Gasteiger partial charge >= 0.3 is 0 Å². The summed E-state index contributed by atoms with van der Waals surface area (Å²) in [4.78, 5) is 10.8. The second-order valence-electron chi connectivity index (χ2n) is 7.32. The summed E-state index contributed by atoms with van der Waals surface area (Å²) < 4.78 is 0. The van der Waals surface area contributed by atoms with Crippen molar-refractivity contribution in [1.82, 2.24) is 0 Å². The van der Waals surface area contributed by atoms with Crippen molar-refractivity contribution in [2.75, 3.05) is 0 Å². The molecule has 20 heavy (non-hydrogen) atoms. The van der Waals surface area contributed by atoms with Crippen LogP contribution in [-0.2, 0) is 4.79 Å². The topological polar surface area (TPSA) is 17.1 Å². The predicted octanol–water partition coefficient (Wildman–Crippen LogP) is 6.22. The lowest BCUT2D eigenvalue weighted by molar-refractivity contribution is -0.117. The van der Waals surface area contributed by atoms with Gasteiger partial charge in [-0.15, -0.1) is 0 Å². The average molecular weight is 278 g/mol. The molecule has 0 bridgehead atoms. The summed E-state index contributed by atoms with van der Waals surface area (Å²) in [6.07, 6.45) is 13.8. The molecule has 0 radical (unpaired) electrons. The Morgan fingerprint density at radius 1 is 1.05 bits per heavy atom. The first-order chi connectivity index (χ1) is 9.43. The van der Waals surface area contributed by atoms with E-state index in [-0.39, 0.29) is 0 Å². The molecular formula is C19H34O. The molecule has 1 aliphatic carbocycles. The highest BCUT2D eigenvalue weighted by molar-refractivity contribution is 5.75. The zero-order chi connectivity index (χ0) is 15.0. The van der Waals surface area contributed by atoms with E-state index in [1.54, 1.807) is 18.1 Å². The van der Waals surface area contributed by atoms with Crippen LogP contribution in [0, 0.1) is 5.41 Å². The van der Waals surface area contributed by atoms with Gasteiger partial charge in [-0.05, 0) is 57.8 Å². The molecule has 0 unspecified atom stereocenters. The number of carbonyl (C=O) groups is 1. The third-order valence-corrected chi connectivity index (χ3v) is 4.89. The first-order valence-electron chi connectivity index (χ1n) is 8.62. The van der Waals surface area contributed by atoms with Crippen molar-refractivity contribution in [3.63, 3.8) is 0 Å². The molecule has 0 aromatic heterocycles. The van der Waals surface area contributed by atoms with Crippen LogP contribution in [0.15, 0.2) is 11.1 Å². The van der Waals surface area contributed by atoms with Gasteiger partial charge in [0.15, 0.2) is 0 Å². The molecule has 1 nitrogen and oxygen atoms in total. The van der Waals surface area contributed by atoms with Gasteiger partial charge in [-0.25, -0.2) is 0 Å². The summed E-state index contributed by atoms with van der Waals surface area (Å²) in [5.74, 6) is 0.340. The maximum absolute atomic E-state index is 10.8. The Hall–Kier alpha value is -0.590. The quantitative estimate of drug-likeness (QED) is 0.361. The zero-order valence-electron chi connectivity index (χ0n) is 14.2. The van der Waals surface area contributed by atoms with Gasteiger partial charge in [-0.2, -0.15) is 0 Å². The zero-order valence-corrected chi connectivity index (χ0v) is 14.2. The van der Waals surface area contributed by atoms with Gasteiger partial charge in [0.2, 0.25) is 0 Å². The standard InChI is InChI=1S/C19H34O/c1-16-12-11-15-19(3,4)18(16)14-10-8-6-5-7-9-13-17(2)20/h5-15H2,1-4H3. The van der Waals surface area contributed by atoms with Gasteiger partial charge in [0.25, 0.3) is 0 Å². The number of Topliss-reactive ketones (excluding diaryl/α,β-unsaturated/α-hetero) is 1. The van der Waals surface area contributed by atoms with Crippen LogP contribution >= 0.6 is 0 Å². The smallest absolute Gasteiger partial charge is 0.129 e. The van der Waals surface area contributed by atoms with E-state index in [2.05, 4.69) is 20.8 Å². The van der Waals surface area contributed by atoms with Crippen molar-refractivity contribution in [2.24, 2.45) is 5.41 Å². The molecule has 0 atom stereocenters. The Labute approximate surface area is 126 Å². The third kappa shape index (κ3) is 6.24. The second-order valence-corrected chi connectivity index (χ2v) is 7.32. The third-order valence-electron chi connectivity index (χ3n) is 4.89. The lowest BCUT2D eigenvalue weighted by atomic mass is 9.71. The van der Waals surface area contributed by atoms with Crippen LogP contribution in [0.4, 0.5) is 0 Å². The van der Waals surface area contributed by atoms with Gasteiger partial charge < -0.3 is 4.79 Å². The van der Waals surface area contributed by atoms with E-state index < -0.39 is 0 Å². The summed E-state index contributed by atoms with van der Waals surface area (Å²) in [7, 11) is 0. The summed E-state index contributed by atoms with van der Waals surface area (Å²) in [6, 6.07) is 0. The molecular weight excluding hydrogens is 244 g/mol. The molecule has 0 aromatic rings. The maximum atomic E-state index is 10.8. The minimum Gasteiger partial charge on any atom is -0.300 e. The fourth-order valence-corrected chi connectivity index (χ4v) is 3.61. The maximum Gasteiger partial charge on any atom is 0.129 e. The lowest BCUT2D eigenvalue weighted by Gasteiger charge is -2.34. The van der Waals surface area contributed by atoms with E-state index >= 15 is 0 Å². The van der Waals surface area contributed by atoms with Gasteiger partial charge in [0, 0.05) is 6.42 Å². The predicted molar refractivity (Wildman–Crippen MR) is 87.9 cm³/mol. The fourth-order valence-electron chi connectivity index (χ4n) is 3.61. The largest absolute Gasteiger partial charge is 0.300 e. The van der Waals surface area contributed by atoms with Gasteiger partial charge in [-0.1, -0.05) is 50.7 Å². The van der Waals surface area contributed by atoms with Crippen LogP contribution < -0.4 is 0 Å². The first kappa shape index (κ1) is 17.5. The molecule has 0 saturated carbocycles. The Balaban J connectivity index is 2.13. The van der Waals surface area contributed by atoms with Crippen molar-refractivity contribution < 1.29 is 4.79 Å². The number of ketones is 1. The number of allylic oxidation sites excluding steroid dienone is 2. The van der Waals surface area contributed by atoms with E-state index in [9.17, 15) is 4.79 Å². The molecule has 0 fully saturated rings. The molecule has 0 N–H and O–H groups in total. The van der Waals surface area contributed by atoms with E-state index in [1.807, 2.05) is 0 Å². The molecule has 0 spiro atoms. The number of hydrogen-bond acceptors (Lipinski definition) is 1. The van der Waals surface area contributed by atoms with Crippen LogP contribution in [0.3, 0.4) is 0 Å². The number of rotatable bonds is 9. The number of carbonyl (C=O) groups excluding carboxylic acids is 1. The van der Waals surface area contributed by atoms with E-state index in [0.29, 0.717) is 11.2 Å². The Kier molecular flexibility index (Phi) is 7.55. The first-order valence-corrected chi connectivity index (χ1v) is 8.62. The van der Waals surface area contributed by atoms with Crippen molar-refractivity contribution in [2.45, 2.75) is 98.3 Å². The Morgan fingerprint density at radius 3 is 2.25 bits per heavy atom. The monoisotopic (exact) mass is 278 g/mol. The van der Waals surface area contributed by atoms with Crippen molar-refractivity contribution in [1.29, 1.82) is 0 Å². The van der Waals surface area contributed by atoms with E-state index in [4.69, 9.17) is 0 Å². The molecule has 0 aliphatic heterocycles. The van der Waals surface area contributed by atoms with Gasteiger partial charge in [-0.3, -0.25) is 0 Å². The highest BCUT2D eigenvalue weighted by Gasteiger charge is 2.27. The normalized spacial score (nSPS) is 18.4. The molecule has 116 valence electrons. The number of unbranched alkanes of at least 4 members (excludes halogenated alkanes) is 5. The van der Waals surface area contributed by atoms with Crippen LogP contribution in [0.5, 0.6) is 0 Å². The number of hydrogen-bond donors (Lipinski definition) is 0. The molecule has 1 rings (SSSR count). The Bertz CT molecular complexity index is 336. The summed E-state index contributed by atoms with van der Waals surface area (Å²) in [6.45, 7) is 8.89. The summed E-state index contributed by atoms with van der Waals surface area (Å²) >= 11 is 0.